The van der Waals surface area contributed by atoms with Gasteiger partial charge in [-0.25, -0.2) is 4.79 Å². The summed E-state index contributed by atoms with van der Waals surface area (Å²) < 4.78 is -0.106. The third-order valence-corrected chi connectivity index (χ3v) is 7.04. The first kappa shape index (κ1) is 18.5. The second kappa shape index (κ2) is 7.50. The first-order chi connectivity index (χ1) is 12.4. The number of carbonyl (C=O) groups is 3. The first-order valence-corrected chi connectivity index (χ1v) is 9.94. The normalized spacial score (nSPS) is 21.5. The standard InChI is InChI=1S/C13H11N5O5S3/c14-17-15-2-5-3-24-11-8(10(20)18(11)9(5)12(21)22)16-7(19)1-6-4-25-13(23)26-6/h4,8,11H,1-3H2,(H,16,19)(H,21,22). The number of amides is 2. The summed E-state index contributed by atoms with van der Waals surface area (Å²) >= 11 is 3.29. The molecule has 13 heteroatoms. The second-order valence-corrected chi connectivity index (χ2v) is 8.64. The third-order valence-electron chi connectivity index (χ3n) is 3.73. The lowest BCUT2D eigenvalue weighted by Gasteiger charge is -2.49. The molecule has 1 saturated heterocycles. The molecule has 1 aromatic rings. The van der Waals surface area contributed by atoms with Crippen molar-refractivity contribution < 1.29 is 19.5 Å². The van der Waals surface area contributed by atoms with E-state index in [-0.39, 0.29) is 28.5 Å². The molecule has 0 radical (unpaired) electrons. The molecule has 1 aromatic heterocycles. The van der Waals surface area contributed by atoms with Gasteiger partial charge in [-0.15, -0.1) is 11.8 Å². The SMILES string of the molecule is [N-]=[N+]=NCC1=C(C(=O)O)N2C(=O)C(NC(=O)Cc3csc(=O)s3)C2SC1. The molecule has 10 nitrogen and oxygen atoms in total. The Labute approximate surface area is 158 Å². The summed E-state index contributed by atoms with van der Waals surface area (Å²) in [5.41, 5.74) is 8.58. The van der Waals surface area contributed by atoms with Gasteiger partial charge >= 0.3 is 5.97 Å². The fourth-order valence-corrected chi connectivity index (χ4v) is 5.71. The van der Waals surface area contributed by atoms with Gasteiger partial charge in [0, 0.05) is 20.9 Å². The highest BCUT2D eigenvalue weighted by molar-refractivity contribution is 8.00. The molecule has 0 aliphatic carbocycles. The molecule has 2 aliphatic heterocycles. The number of aliphatic carboxylic acids is 1. The Hall–Kier alpha value is -2.34. The lowest BCUT2D eigenvalue weighted by molar-refractivity contribution is -0.150. The van der Waals surface area contributed by atoms with Crippen LogP contribution in [0.5, 0.6) is 0 Å². The monoisotopic (exact) mass is 413 g/mol. The van der Waals surface area contributed by atoms with E-state index in [1.165, 1.54) is 11.8 Å². The van der Waals surface area contributed by atoms with Gasteiger partial charge in [-0.05, 0) is 11.1 Å². The van der Waals surface area contributed by atoms with Crippen LogP contribution in [0.4, 0.5) is 0 Å². The van der Waals surface area contributed by atoms with E-state index in [0.717, 1.165) is 27.6 Å². The van der Waals surface area contributed by atoms with Gasteiger partial charge in [0.25, 0.3) is 9.96 Å². The zero-order chi connectivity index (χ0) is 18.8. The predicted molar refractivity (Wildman–Crippen MR) is 95.9 cm³/mol. The van der Waals surface area contributed by atoms with Crippen molar-refractivity contribution in [3.63, 3.8) is 0 Å². The van der Waals surface area contributed by atoms with Crippen molar-refractivity contribution in [1.29, 1.82) is 0 Å². The van der Waals surface area contributed by atoms with Crippen LogP contribution in [0.3, 0.4) is 0 Å². The summed E-state index contributed by atoms with van der Waals surface area (Å²) in [6.45, 7) is -0.129. The smallest absolute Gasteiger partial charge is 0.352 e. The molecule has 136 valence electrons. The summed E-state index contributed by atoms with van der Waals surface area (Å²) in [6.07, 6.45) is -0.00562. The van der Waals surface area contributed by atoms with Gasteiger partial charge in [-0.3, -0.25) is 19.3 Å². The number of carbonyl (C=O) groups excluding carboxylic acids is 2. The maximum Gasteiger partial charge on any atom is 0.352 e. The number of carboxylic acid groups (broad SMARTS) is 1. The van der Waals surface area contributed by atoms with Gasteiger partial charge in [-0.2, -0.15) is 0 Å². The Morgan fingerprint density at radius 2 is 2.23 bits per heavy atom. The third kappa shape index (κ3) is 3.46. The van der Waals surface area contributed by atoms with E-state index in [9.17, 15) is 24.3 Å². The molecular formula is C13H11N5O5S3. The van der Waals surface area contributed by atoms with Crippen LogP contribution in [-0.4, -0.2) is 51.5 Å². The zero-order valence-corrected chi connectivity index (χ0v) is 15.4. The van der Waals surface area contributed by atoms with E-state index in [1.807, 2.05) is 0 Å². The molecule has 2 unspecified atom stereocenters. The van der Waals surface area contributed by atoms with Crippen molar-refractivity contribution in [2.75, 3.05) is 12.3 Å². The van der Waals surface area contributed by atoms with Crippen LogP contribution in [0.1, 0.15) is 4.88 Å². The van der Waals surface area contributed by atoms with Crippen molar-refractivity contribution in [3.8, 4) is 0 Å². The number of thioether (sulfide) groups is 1. The van der Waals surface area contributed by atoms with Gasteiger partial charge in [0.1, 0.15) is 17.1 Å². The van der Waals surface area contributed by atoms with Gasteiger partial charge in [0.2, 0.25) is 5.91 Å². The Morgan fingerprint density at radius 3 is 2.85 bits per heavy atom. The summed E-state index contributed by atoms with van der Waals surface area (Å²) in [4.78, 5) is 51.5. The zero-order valence-electron chi connectivity index (χ0n) is 12.9. The maximum atomic E-state index is 12.4. The average Bonchev–Trinajstić information content (AvgIpc) is 3.01. The highest BCUT2D eigenvalue weighted by atomic mass is 32.2. The van der Waals surface area contributed by atoms with Crippen LogP contribution in [0, 0.1) is 0 Å². The number of nitrogens with zero attached hydrogens (tertiary/aromatic N) is 4. The Kier molecular flexibility index (Phi) is 5.32. The first-order valence-electron chi connectivity index (χ1n) is 7.20. The number of carboxylic acids is 1. The molecule has 2 aliphatic rings. The highest BCUT2D eigenvalue weighted by Crippen LogP contribution is 2.40. The Balaban J connectivity index is 1.71. The predicted octanol–water partition coefficient (Wildman–Crippen LogP) is 0.761. The molecule has 0 spiro atoms. The lowest BCUT2D eigenvalue weighted by atomic mass is 10.0. The van der Waals surface area contributed by atoms with E-state index in [0.29, 0.717) is 10.5 Å². The quantitative estimate of drug-likeness (QED) is 0.304. The van der Waals surface area contributed by atoms with Gasteiger partial charge in [0.05, 0.1) is 13.0 Å². The molecule has 2 atom stereocenters. The molecule has 0 bridgehead atoms. The van der Waals surface area contributed by atoms with Gasteiger partial charge in [-0.1, -0.05) is 27.8 Å². The number of hydrogen-bond acceptors (Lipinski definition) is 8. The number of nitrogens with one attached hydrogen (secondary N) is 1. The molecule has 0 saturated carbocycles. The molecule has 2 N–H and O–H groups in total. The topological polar surface area (TPSA) is 153 Å². The minimum absolute atomic E-state index is 0.00562. The number of azide groups is 1. The molecule has 3 heterocycles. The molecule has 1 fully saturated rings. The van der Waals surface area contributed by atoms with Crippen molar-refractivity contribution >= 4 is 52.2 Å². The van der Waals surface area contributed by atoms with E-state index in [1.54, 1.807) is 5.38 Å². The minimum Gasteiger partial charge on any atom is -0.477 e. The molecule has 3 rings (SSSR count). The van der Waals surface area contributed by atoms with E-state index in [4.69, 9.17) is 5.53 Å². The summed E-state index contributed by atoms with van der Waals surface area (Å²) in [5, 5.41) is 16.5. The van der Waals surface area contributed by atoms with Crippen LogP contribution in [0.15, 0.2) is 26.6 Å². The molecule has 2 amide bonds. The fourth-order valence-electron chi connectivity index (χ4n) is 2.65. The number of hydrogen-bond donors (Lipinski definition) is 2. The lowest BCUT2D eigenvalue weighted by Crippen LogP contribution is -2.70. The van der Waals surface area contributed by atoms with Gasteiger partial charge < -0.3 is 10.4 Å². The average molecular weight is 413 g/mol. The van der Waals surface area contributed by atoms with Crippen molar-refractivity contribution in [3.05, 3.63) is 40.8 Å². The Bertz CT molecular complexity index is 915. The summed E-state index contributed by atoms with van der Waals surface area (Å²) in [7, 11) is 0. The van der Waals surface area contributed by atoms with Crippen LogP contribution in [-0.2, 0) is 20.8 Å². The number of fused-ring (bicyclic) bond motifs is 1. The van der Waals surface area contributed by atoms with Crippen LogP contribution in [0.25, 0.3) is 10.4 Å². The summed E-state index contributed by atoms with van der Waals surface area (Å²) in [6, 6.07) is -0.821. The molecule has 26 heavy (non-hydrogen) atoms. The summed E-state index contributed by atoms with van der Waals surface area (Å²) in [5.74, 6) is -1.92. The van der Waals surface area contributed by atoms with E-state index >= 15 is 0 Å². The van der Waals surface area contributed by atoms with Crippen LogP contribution >= 0.6 is 34.4 Å². The maximum absolute atomic E-state index is 12.4. The van der Waals surface area contributed by atoms with Crippen molar-refractivity contribution in [2.45, 2.75) is 17.8 Å². The largest absolute Gasteiger partial charge is 0.477 e. The van der Waals surface area contributed by atoms with Crippen molar-refractivity contribution in [1.82, 2.24) is 10.2 Å². The Morgan fingerprint density at radius 1 is 1.46 bits per heavy atom. The van der Waals surface area contributed by atoms with Crippen LogP contribution in [0.2, 0.25) is 0 Å². The van der Waals surface area contributed by atoms with Gasteiger partial charge in [0.15, 0.2) is 0 Å². The fraction of sp³-hybridized carbons (Fsp3) is 0.385. The number of rotatable bonds is 6. The molecular weight excluding hydrogens is 402 g/mol. The van der Waals surface area contributed by atoms with Crippen molar-refractivity contribution in [2.24, 2.45) is 5.11 Å². The van der Waals surface area contributed by atoms with Crippen LogP contribution < -0.4 is 9.37 Å². The minimum atomic E-state index is -1.28. The second-order valence-electron chi connectivity index (χ2n) is 5.33. The highest BCUT2D eigenvalue weighted by Gasteiger charge is 2.54. The van der Waals surface area contributed by atoms with E-state index < -0.39 is 29.2 Å². The van der Waals surface area contributed by atoms with E-state index in [2.05, 4.69) is 15.3 Å². The molecule has 0 aromatic carbocycles. The number of β-lactam (4-membered cyclic amide) rings is 1.